The topological polar surface area (TPSA) is 238 Å². The monoisotopic (exact) mass is 608 g/mol. The Morgan fingerprint density at radius 3 is 2.19 bits per heavy atom. The van der Waals surface area contributed by atoms with E-state index in [1.807, 2.05) is 0 Å². The van der Waals surface area contributed by atoms with Crippen LogP contribution in [0.25, 0.3) is 22.3 Å². The Morgan fingerprint density at radius 2 is 1.49 bits per heavy atom. The molecule has 0 aliphatic carbocycles. The van der Waals surface area contributed by atoms with E-state index in [0.29, 0.717) is 5.56 Å². The van der Waals surface area contributed by atoms with Crippen molar-refractivity contribution in [2.45, 2.75) is 68.3 Å². The lowest BCUT2D eigenvalue weighted by molar-refractivity contribution is -0.318. The molecule has 0 saturated carbocycles. The first-order chi connectivity index (χ1) is 20.4. The molecule has 15 nitrogen and oxygen atoms in total. The fourth-order valence-corrected chi connectivity index (χ4v) is 4.92. The van der Waals surface area contributed by atoms with Crippen LogP contribution in [-0.2, 0) is 14.2 Å². The Hall–Kier alpha value is -3.51. The fraction of sp³-hybridized carbons (Fsp3) is 0.464. The van der Waals surface area contributed by atoms with Gasteiger partial charge in [-0.15, -0.1) is 0 Å². The zero-order valence-corrected chi connectivity index (χ0v) is 22.9. The third-order valence-electron chi connectivity index (χ3n) is 7.40. The number of benzene rings is 2. The first kappa shape index (κ1) is 30.9. The van der Waals surface area contributed by atoms with E-state index < -0.39 is 79.2 Å². The van der Waals surface area contributed by atoms with Gasteiger partial charge in [-0.25, -0.2) is 0 Å². The van der Waals surface area contributed by atoms with Crippen LogP contribution in [0.5, 0.6) is 23.0 Å². The molecule has 10 atom stereocenters. The van der Waals surface area contributed by atoms with Gasteiger partial charge in [-0.1, -0.05) is 0 Å². The largest absolute Gasteiger partial charge is 0.507 e. The second-order valence-corrected chi connectivity index (χ2v) is 10.3. The van der Waals surface area contributed by atoms with Crippen LogP contribution in [0.4, 0.5) is 0 Å². The van der Waals surface area contributed by atoms with Crippen LogP contribution < -0.4 is 14.9 Å². The van der Waals surface area contributed by atoms with Crippen molar-refractivity contribution in [1.29, 1.82) is 0 Å². The average molecular weight is 609 g/mol. The average Bonchev–Trinajstić information content (AvgIpc) is 2.97. The van der Waals surface area contributed by atoms with Crippen LogP contribution in [-0.4, -0.2) is 116 Å². The number of phenolic OH excluding ortho intramolecular Hbond substituents is 2. The number of rotatable bonds is 7. The van der Waals surface area contributed by atoms with Crippen molar-refractivity contribution in [3.63, 3.8) is 0 Å². The van der Waals surface area contributed by atoms with Crippen LogP contribution in [0.2, 0.25) is 0 Å². The summed E-state index contributed by atoms with van der Waals surface area (Å²) in [5.41, 5.74) is -0.381. The maximum Gasteiger partial charge on any atom is 0.229 e. The van der Waals surface area contributed by atoms with E-state index in [2.05, 4.69) is 0 Å². The van der Waals surface area contributed by atoms with Crippen molar-refractivity contribution in [2.24, 2.45) is 0 Å². The number of ether oxygens (including phenoxy) is 5. The minimum Gasteiger partial charge on any atom is -0.507 e. The lowest BCUT2D eigenvalue weighted by Crippen LogP contribution is -2.61. The molecule has 2 aromatic carbocycles. The maximum absolute atomic E-state index is 12.8. The highest BCUT2D eigenvalue weighted by Crippen LogP contribution is 2.35. The zero-order valence-electron chi connectivity index (χ0n) is 22.9. The molecule has 5 rings (SSSR count). The highest BCUT2D eigenvalue weighted by Gasteiger charge is 2.47. The Labute approximate surface area is 243 Å². The highest BCUT2D eigenvalue weighted by molar-refractivity contribution is 5.86. The SMILES string of the molecule is COc1ccc(-c2cc(=O)c3c(O)cc(O[C@H]4O[C@@H](CO[C@@H]5O[C@@H](C)[C@@H](O)[C@@H](O)[C@@H]5O)[C@@H](O)[C@@H](O)[C@@H]4O)cc3o2)cc1O. The molecule has 0 amide bonds. The third kappa shape index (κ3) is 5.99. The molecule has 1 aromatic heterocycles. The number of methoxy groups -OCH3 is 1. The van der Waals surface area contributed by atoms with Gasteiger partial charge in [0.1, 0.15) is 71.0 Å². The van der Waals surface area contributed by atoms with Crippen molar-refractivity contribution < 1.29 is 69.0 Å². The van der Waals surface area contributed by atoms with E-state index in [4.69, 9.17) is 28.1 Å². The van der Waals surface area contributed by atoms with Gasteiger partial charge in [0.2, 0.25) is 6.29 Å². The first-order valence-corrected chi connectivity index (χ1v) is 13.3. The van der Waals surface area contributed by atoms with Gasteiger partial charge >= 0.3 is 0 Å². The minimum absolute atomic E-state index is 0.0517. The molecule has 2 fully saturated rings. The zero-order chi connectivity index (χ0) is 31.2. The van der Waals surface area contributed by atoms with Crippen LogP contribution in [0.15, 0.2) is 45.6 Å². The van der Waals surface area contributed by atoms with Gasteiger partial charge in [0.25, 0.3) is 0 Å². The molecule has 15 heteroatoms. The van der Waals surface area contributed by atoms with E-state index in [1.165, 1.54) is 32.2 Å². The minimum atomic E-state index is -1.78. The molecule has 2 saturated heterocycles. The Kier molecular flexibility index (Phi) is 8.80. The molecule has 0 unspecified atom stereocenters. The quantitative estimate of drug-likeness (QED) is 0.159. The van der Waals surface area contributed by atoms with E-state index in [9.17, 15) is 45.6 Å². The third-order valence-corrected chi connectivity index (χ3v) is 7.40. The van der Waals surface area contributed by atoms with Gasteiger partial charge in [-0.2, -0.15) is 0 Å². The van der Waals surface area contributed by atoms with Gasteiger partial charge in [-0.3, -0.25) is 4.79 Å². The van der Waals surface area contributed by atoms with Gasteiger partial charge in [0.05, 0.1) is 19.8 Å². The Morgan fingerprint density at radius 1 is 0.791 bits per heavy atom. The van der Waals surface area contributed by atoms with Crippen molar-refractivity contribution in [3.05, 3.63) is 46.6 Å². The molecule has 2 aliphatic heterocycles. The summed E-state index contributed by atoms with van der Waals surface area (Å²) in [5.74, 6) is -0.605. The molecule has 3 aromatic rings. The van der Waals surface area contributed by atoms with Crippen molar-refractivity contribution in [2.75, 3.05) is 13.7 Å². The van der Waals surface area contributed by atoms with Gasteiger partial charge in [0, 0.05) is 23.8 Å². The summed E-state index contributed by atoms with van der Waals surface area (Å²) >= 11 is 0. The Bertz CT molecular complexity index is 1510. The molecule has 8 N–H and O–H groups in total. The maximum atomic E-state index is 12.8. The number of hydrogen-bond acceptors (Lipinski definition) is 15. The van der Waals surface area contributed by atoms with Gasteiger partial charge in [-0.05, 0) is 25.1 Å². The fourth-order valence-electron chi connectivity index (χ4n) is 4.92. The number of hydrogen-bond donors (Lipinski definition) is 8. The van der Waals surface area contributed by atoms with Crippen LogP contribution >= 0.6 is 0 Å². The summed E-state index contributed by atoms with van der Waals surface area (Å²) < 4.78 is 32.9. The predicted octanol–water partition coefficient (Wildman–Crippen LogP) is -1.09. The molecular formula is C28H32O15. The highest BCUT2D eigenvalue weighted by atomic mass is 16.7. The molecule has 2 aliphatic rings. The van der Waals surface area contributed by atoms with Crippen LogP contribution in [0.1, 0.15) is 6.92 Å². The van der Waals surface area contributed by atoms with Crippen molar-refractivity contribution in [3.8, 4) is 34.3 Å². The summed E-state index contributed by atoms with van der Waals surface area (Å²) in [5, 5.41) is 82.0. The molecule has 0 radical (unpaired) electrons. The van der Waals surface area contributed by atoms with E-state index in [0.717, 1.165) is 12.1 Å². The summed E-state index contributed by atoms with van der Waals surface area (Å²) in [7, 11) is 1.38. The van der Waals surface area contributed by atoms with E-state index >= 15 is 0 Å². The second-order valence-electron chi connectivity index (χ2n) is 10.3. The standard InChI is InChI=1S/C28H32O15/c1-10-21(32)23(34)25(36)27(40-10)39-9-19-22(33)24(35)26(37)28(43-19)41-12-6-14(30)20-15(31)8-17(42-18(20)7-12)11-3-4-16(38-2)13(29)5-11/h3-8,10,19,21-30,32-37H,9H2,1-2H3/t10-,19-,21+,22+,23+,24+,25-,26-,27+,28-/m0/s1. The summed E-state index contributed by atoms with van der Waals surface area (Å²) in [6.45, 7) is 0.953. The Balaban J connectivity index is 1.36. The predicted molar refractivity (Wildman–Crippen MR) is 143 cm³/mol. The summed E-state index contributed by atoms with van der Waals surface area (Å²) in [4.78, 5) is 12.8. The number of aromatic hydroxyl groups is 2. The molecule has 234 valence electrons. The summed E-state index contributed by atoms with van der Waals surface area (Å²) in [6, 6.07) is 7.78. The van der Waals surface area contributed by atoms with E-state index in [1.54, 1.807) is 6.07 Å². The number of aliphatic hydroxyl groups is 6. The van der Waals surface area contributed by atoms with Gasteiger partial charge < -0.3 is 69.0 Å². The van der Waals surface area contributed by atoms with E-state index in [-0.39, 0.29) is 34.0 Å². The molecule has 0 spiro atoms. The molecule has 3 heterocycles. The molecular weight excluding hydrogens is 576 g/mol. The molecule has 0 bridgehead atoms. The first-order valence-electron chi connectivity index (χ1n) is 13.3. The van der Waals surface area contributed by atoms with Crippen molar-refractivity contribution in [1.82, 2.24) is 0 Å². The summed E-state index contributed by atoms with van der Waals surface area (Å²) in [6.07, 6.45) is -15.0. The smallest absolute Gasteiger partial charge is 0.229 e. The molecule has 43 heavy (non-hydrogen) atoms. The van der Waals surface area contributed by atoms with Crippen molar-refractivity contribution >= 4 is 11.0 Å². The second kappa shape index (κ2) is 12.2. The lowest BCUT2D eigenvalue weighted by atomic mass is 9.98. The lowest BCUT2D eigenvalue weighted by Gasteiger charge is -2.42. The van der Waals surface area contributed by atoms with Gasteiger partial charge in [0.15, 0.2) is 23.2 Å². The number of fused-ring (bicyclic) bond motifs is 1. The number of aliphatic hydroxyl groups excluding tert-OH is 6. The van der Waals surface area contributed by atoms with Crippen LogP contribution in [0.3, 0.4) is 0 Å². The van der Waals surface area contributed by atoms with Crippen LogP contribution in [0, 0.1) is 0 Å². The number of phenols is 2. The normalized spacial score (nSPS) is 32.9.